The highest BCUT2D eigenvalue weighted by Crippen LogP contribution is 2.13. The van der Waals surface area contributed by atoms with Crippen LogP contribution in [0.2, 0.25) is 0 Å². The molecule has 4 nitrogen and oxygen atoms in total. The van der Waals surface area contributed by atoms with Crippen molar-refractivity contribution in [1.82, 2.24) is 0 Å². The molecule has 0 amide bonds. The molecule has 0 radical (unpaired) electrons. The average Bonchev–Trinajstić information content (AvgIpc) is 2.18. The lowest BCUT2D eigenvalue weighted by atomic mass is 10.2. The molecule has 1 aromatic carbocycles. The lowest BCUT2D eigenvalue weighted by molar-refractivity contribution is -0.146. The van der Waals surface area contributed by atoms with Gasteiger partial charge in [-0.25, -0.2) is 4.79 Å². The summed E-state index contributed by atoms with van der Waals surface area (Å²) >= 11 is 0. The summed E-state index contributed by atoms with van der Waals surface area (Å²) in [6.07, 6.45) is -1.35. The van der Waals surface area contributed by atoms with Crippen LogP contribution in [0.15, 0.2) is 24.3 Å². The maximum atomic E-state index is 10.4. The molecule has 0 fully saturated rings. The molecule has 0 aromatic heterocycles. The van der Waals surface area contributed by atoms with E-state index in [1.54, 1.807) is 11.9 Å². The van der Waals surface area contributed by atoms with Gasteiger partial charge in [0.2, 0.25) is 0 Å². The topological polar surface area (TPSA) is 60.8 Å². The summed E-state index contributed by atoms with van der Waals surface area (Å²) in [5.74, 6) is -1.20. The number of aliphatic hydroxyl groups is 1. The number of benzene rings is 1. The van der Waals surface area contributed by atoms with Crippen LogP contribution in [0.4, 0.5) is 5.69 Å². The maximum Gasteiger partial charge on any atom is 0.334 e. The Balaban J connectivity index is 2.64. The van der Waals surface area contributed by atoms with Crippen LogP contribution < -0.4 is 4.90 Å². The second-order valence-electron chi connectivity index (χ2n) is 3.57. The molecular formula is C11H15NO3. The van der Waals surface area contributed by atoms with Crippen molar-refractivity contribution in [2.45, 2.75) is 13.0 Å². The minimum atomic E-state index is -1.35. The third-order valence-corrected chi connectivity index (χ3v) is 2.21. The zero-order valence-corrected chi connectivity index (χ0v) is 8.84. The van der Waals surface area contributed by atoms with E-state index in [9.17, 15) is 9.90 Å². The molecule has 1 rings (SSSR count). The van der Waals surface area contributed by atoms with Gasteiger partial charge in [-0.15, -0.1) is 0 Å². The molecular weight excluding hydrogens is 194 g/mol. The molecule has 0 aliphatic heterocycles. The summed E-state index contributed by atoms with van der Waals surface area (Å²) in [5.41, 5.74) is 2.03. The van der Waals surface area contributed by atoms with E-state index in [0.29, 0.717) is 0 Å². The summed E-state index contributed by atoms with van der Waals surface area (Å²) in [6.45, 7) is 2.06. The lowest BCUT2D eigenvalue weighted by Gasteiger charge is -2.20. The van der Waals surface area contributed by atoms with Gasteiger partial charge < -0.3 is 15.1 Å². The fraction of sp³-hybridized carbons (Fsp3) is 0.364. The third kappa shape index (κ3) is 3.25. The van der Waals surface area contributed by atoms with Crippen LogP contribution in [0.5, 0.6) is 0 Å². The molecule has 15 heavy (non-hydrogen) atoms. The maximum absolute atomic E-state index is 10.4. The van der Waals surface area contributed by atoms with E-state index < -0.39 is 12.1 Å². The number of likely N-dealkylation sites (N-methyl/N-ethyl adjacent to an activating group) is 1. The molecule has 2 N–H and O–H groups in total. The van der Waals surface area contributed by atoms with Gasteiger partial charge in [0, 0.05) is 12.7 Å². The zero-order chi connectivity index (χ0) is 11.4. The van der Waals surface area contributed by atoms with Crippen LogP contribution in [0.3, 0.4) is 0 Å². The summed E-state index contributed by atoms with van der Waals surface area (Å²) in [6, 6.07) is 7.67. The van der Waals surface area contributed by atoms with E-state index >= 15 is 0 Å². The van der Waals surface area contributed by atoms with Crippen LogP contribution in [-0.4, -0.2) is 35.9 Å². The number of aliphatic carboxylic acids is 1. The van der Waals surface area contributed by atoms with Crippen LogP contribution in [0, 0.1) is 6.92 Å². The number of rotatable bonds is 4. The molecule has 1 atom stereocenters. The standard InChI is InChI=1S/C11H15NO3/c1-8-3-5-9(6-4-8)12(2)7-10(13)11(14)15/h3-6,10,13H,7H2,1-2H3,(H,14,15). The second kappa shape index (κ2) is 4.79. The monoisotopic (exact) mass is 209 g/mol. The van der Waals surface area contributed by atoms with Crippen molar-refractivity contribution in [3.63, 3.8) is 0 Å². The molecule has 82 valence electrons. The van der Waals surface area contributed by atoms with Crippen molar-refractivity contribution < 1.29 is 15.0 Å². The number of aryl methyl sites for hydroxylation is 1. The van der Waals surface area contributed by atoms with Crippen molar-refractivity contribution >= 4 is 11.7 Å². The van der Waals surface area contributed by atoms with Crippen LogP contribution >= 0.6 is 0 Å². The first-order valence-electron chi connectivity index (χ1n) is 4.69. The SMILES string of the molecule is Cc1ccc(N(C)CC(O)C(=O)O)cc1. The lowest BCUT2D eigenvalue weighted by Crippen LogP contribution is -2.34. The van der Waals surface area contributed by atoms with Crippen LogP contribution in [0.25, 0.3) is 0 Å². The van der Waals surface area contributed by atoms with E-state index in [2.05, 4.69) is 0 Å². The smallest absolute Gasteiger partial charge is 0.334 e. The predicted molar refractivity (Wildman–Crippen MR) is 58.1 cm³/mol. The first-order valence-corrected chi connectivity index (χ1v) is 4.69. The van der Waals surface area contributed by atoms with Crippen molar-refractivity contribution in [2.75, 3.05) is 18.5 Å². The van der Waals surface area contributed by atoms with Crippen molar-refractivity contribution in [3.05, 3.63) is 29.8 Å². The highest BCUT2D eigenvalue weighted by molar-refractivity contribution is 5.73. The first-order chi connectivity index (χ1) is 7.00. The van der Waals surface area contributed by atoms with Gasteiger partial charge in [0.15, 0.2) is 6.10 Å². The normalized spacial score (nSPS) is 12.2. The third-order valence-electron chi connectivity index (χ3n) is 2.21. The Morgan fingerprint density at radius 1 is 1.40 bits per heavy atom. The molecule has 4 heteroatoms. The molecule has 0 aliphatic carbocycles. The van der Waals surface area contributed by atoms with Crippen molar-refractivity contribution in [1.29, 1.82) is 0 Å². The Morgan fingerprint density at radius 2 is 1.93 bits per heavy atom. The Labute approximate surface area is 88.8 Å². The Bertz CT molecular complexity index is 334. The van der Waals surface area contributed by atoms with Crippen LogP contribution in [0.1, 0.15) is 5.56 Å². The minimum Gasteiger partial charge on any atom is -0.479 e. The molecule has 1 unspecified atom stereocenters. The van der Waals surface area contributed by atoms with Gasteiger partial charge in [0.25, 0.3) is 0 Å². The fourth-order valence-corrected chi connectivity index (χ4v) is 1.24. The van der Waals surface area contributed by atoms with E-state index in [1.165, 1.54) is 0 Å². The molecule has 0 saturated heterocycles. The van der Waals surface area contributed by atoms with Crippen LogP contribution in [-0.2, 0) is 4.79 Å². The molecule has 0 saturated carbocycles. The zero-order valence-electron chi connectivity index (χ0n) is 8.84. The van der Waals surface area contributed by atoms with Gasteiger partial charge in [0.05, 0.1) is 6.54 Å². The van der Waals surface area contributed by atoms with Crippen molar-refractivity contribution in [2.24, 2.45) is 0 Å². The summed E-state index contributed by atoms with van der Waals surface area (Å²) < 4.78 is 0. The second-order valence-corrected chi connectivity index (χ2v) is 3.57. The minimum absolute atomic E-state index is 0.0817. The molecule has 0 spiro atoms. The van der Waals surface area contributed by atoms with Crippen molar-refractivity contribution in [3.8, 4) is 0 Å². The summed E-state index contributed by atoms with van der Waals surface area (Å²) in [4.78, 5) is 12.2. The highest BCUT2D eigenvalue weighted by atomic mass is 16.4. The van der Waals surface area contributed by atoms with Gasteiger partial charge in [0.1, 0.15) is 0 Å². The first kappa shape index (κ1) is 11.5. The molecule has 0 heterocycles. The number of carboxylic acids is 1. The van der Waals surface area contributed by atoms with E-state index in [0.717, 1.165) is 11.3 Å². The summed E-state index contributed by atoms with van der Waals surface area (Å²) in [5, 5.41) is 17.7. The Kier molecular flexibility index (Phi) is 3.68. The quantitative estimate of drug-likeness (QED) is 0.772. The fourth-order valence-electron chi connectivity index (χ4n) is 1.24. The molecule has 0 bridgehead atoms. The number of anilines is 1. The number of aliphatic hydroxyl groups excluding tert-OH is 1. The Morgan fingerprint density at radius 3 is 2.40 bits per heavy atom. The number of hydrogen-bond donors (Lipinski definition) is 2. The van der Waals surface area contributed by atoms with Gasteiger partial charge in [-0.1, -0.05) is 17.7 Å². The highest BCUT2D eigenvalue weighted by Gasteiger charge is 2.15. The Hall–Kier alpha value is -1.55. The number of nitrogens with zero attached hydrogens (tertiary/aromatic N) is 1. The van der Waals surface area contributed by atoms with E-state index in [-0.39, 0.29) is 6.54 Å². The van der Waals surface area contributed by atoms with Gasteiger partial charge >= 0.3 is 5.97 Å². The number of carboxylic acid groups (broad SMARTS) is 1. The van der Waals surface area contributed by atoms with Gasteiger partial charge in [-0.05, 0) is 19.1 Å². The predicted octanol–water partition coefficient (Wildman–Crippen LogP) is 0.877. The van der Waals surface area contributed by atoms with Gasteiger partial charge in [-0.3, -0.25) is 0 Å². The largest absolute Gasteiger partial charge is 0.479 e. The summed E-state index contributed by atoms with van der Waals surface area (Å²) in [7, 11) is 1.75. The average molecular weight is 209 g/mol. The van der Waals surface area contributed by atoms with E-state index in [1.807, 2.05) is 31.2 Å². The van der Waals surface area contributed by atoms with Gasteiger partial charge in [-0.2, -0.15) is 0 Å². The molecule has 0 aliphatic rings. The van der Waals surface area contributed by atoms with E-state index in [4.69, 9.17) is 5.11 Å². The molecule has 1 aromatic rings. The number of carbonyl (C=O) groups is 1. The number of hydrogen-bond acceptors (Lipinski definition) is 3.